The lowest BCUT2D eigenvalue weighted by Gasteiger charge is -2.12. The van der Waals surface area contributed by atoms with Gasteiger partial charge in [-0.25, -0.2) is 0 Å². The van der Waals surface area contributed by atoms with Crippen LogP contribution in [0.1, 0.15) is 27.7 Å². The summed E-state index contributed by atoms with van der Waals surface area (Å²) in [6.45, 7) is 9.01. The van der Waals surface area contributed by atoms with Gasteiger partial charge in [-0.2, -0.15) is 0 Å². The summed E-state index contributed by atoms with van der Waals surface area (Å²) in [5, 5.41) is 0. The first-order valence-corrected chi connectivity index (χ1v) is 8.63. The third kappa shape index (κ3) is 8.02. The molecule has 0 aromatic rings. The van der Waals surface area contributed by atoms with Gasteiger partial charge in [-0.15, -0.1) is 23.5 Å². The molecule has 0 saturated carbocycles. The first kappa shape index (κ1) is 13.4. The summed E-state index contributed by atoms with van der Waals surface area (Å²) in [6.07, 6.45) is 0. The number of rotatable bonds is 7. The van der Waals surface area contributed by atoms with Gasteiger partial charge >= 0.3 is 0 Å². The topological polar surface area (TPSA) is 0 Å². The van der Waals surface area contributed by atoms with Crippen LogP contribution in [-0.2, 0) is 0 Å². The molecule has 74 valence electrons. The Kier molecular flexibility index (Phi) is 10.0. The van der Waals surface area contributed by atoms with Crippen molar-refractivity contribution < 1.29 is 0 Å². The van der Waals surface area contributed by atoms with E-state index in [1.54, 1.807) is 0 Å². The van der Waals surface area contributed by atoms with Crippen LogP contribution in [0.3, 0.4) is 0 Å². The number of hydrogen-bond acceptors (Lipinski definition) is 4. The molecule has 0 aliphatic rings. The summed E-state index contributed by atoms with van der Waals surface area (Å²) in [5.74, 6) is 2.45. The Bertz CT molecular complexity index is 85.1. The quantitative estimate of drug-likeness (QED) is 0.474. The van der Waals surface area contributed by atoms with Crippen molar-refractivity contribution in [3.05, 3.63) is 0 Å². The Morgan fingerprint density at radius 3 is 1.42 bits per heavy atom. The average molecular weight is 242 g/mol. The predicted molar refractivity (Wildman–Crippen MR) is 70.4 cm³/mol. The average Bonchev–Trinajstić information content (AvgIpc) is 2.02. The van der Waals surface area contributed by atoms with Gasteiger partial charge in [0.15, 0.2) is 0 Å². The van der Waals surface area contributed by atoms with Crippen LogP contribution in [-0.4, -0.2) is 20.7 Å². The first-order chi connectivity index (χ1) is 5.70. The normalized spacial score (nSPS) is 16.0. The minimum Gasteiger partial charge on any atom is -0.147 e. The van der Waals surface area contributed by atoms with Gasteiger partial charge in [0.05, 0.1) is 9.16 Å². The molecule has 0 saturated heterocycles. The first-order valence-electron chi connectivity index (χ1n) is 4.26. The highest BCUT2D eigenvalue weighted by Gasteiger charge is 2.06. The van der Waals surface area contributed by atoms with Crippen LogP contribution in [0.2, 0.25) is 0 Å². The second-order valence-corrected chi connectivity index (χ2v) is 9.02. The van der Waals surface area contributed by atoms with Crippen molar-refractivity contribution in [2.24, 2.45) is 0 Å². The Labute approximate surface area is 93.2 Å². The molecule has 0 aromatic heterocycles. The Morgan fingerprint density at radius 2 is 1.17 bits per heavy atom. The third-order valence-electron chi connectivity index (χ3n) is 1.13. The lowest BCUT2D eigenvalue weighted by Crippen LogP contribution is -1.91. The van der Waals surface area contributed by atoms with Gasteiger partial charge in [0.2, 0.25) is 0 Å². The van der Waals surface area contributed by atoms with E-state index in [1.807, 2.05) is 45.1 Å². The molecule has 0 aliphatic heterocycles. The van der Waals surface area contributed by atoms with E-state index >= 15 is 0 Å². The van der Waals surface area contributed by atoms with Crippen LogP contribution < -0.4 is 0 Å². The van der Waals surface area contributed by atoms with Gasteiger partial charge in [-0.3, -0.25) is 0 Å². The minimum absolute atomic E-state index is 0.736. The number of thioether (sulfide) groups is 2. The second-order valence-electron chi connectivity index (χ2n) is 2.24. The monoisotopic (exact) mass is 242 g/mol. The molecule has 0 N–H and O–H groups in total. The van der Waals surface area contributed by atoms with Crippen LogP contribution in [0.4, 0.5) is 0 Å². The van der Waals surface area contributed by atoms with E-state index in [0.717, 1.165) is 9.16 Å². The fourth-order valence-electron chi connectivity index (χ4n) is 0.681. The van der Waals surface area contributed by atoms with Crippen molar-refractivity contribution in [2.75, 3.05) is 11.5 Å². The summed E-state index contributed by atoms with van der Waals surface area (Å²) in [4.78, 5) is 0. The summed E-state index contributed by atoms with van der Waals surface area (Å²) in [5.41, 5.74) is 0. The van der Waals surface area contributed by atoms with Crippen molar-refractivity contribution in [1.29, 1.82) is 0 Å². The van der Waals surface area contributed by atoms with E-state index in [0.29, 0.717) is 0 Å². The zero-order chi connectivity index (χ0) is 9.40. The van der Waals surface area contributed by atoms with Crippen molar-refractivity contribution in [3.8, 4) is 0 Å². The van der Waals surface area contributed by atoms with Crippen molar-refractivity contribution in [3.63, 3.8) is 0 Å². The molecule has 0 rings (SSSR count). The standard InChI is InChI=1S/C8H18S4/c1-5-9-7(3)11-12-8(4)10-6-2/h7-8H,5-6H2,1-4H3. The molecular formula is C8H18S4. The van der Waals surface area contributed by atoms with Gasteiger partial charge in [0.25, 0.3) is 0 Å². The Hall–Kier alpha value is 1.40. The van der Waals surface area contributed by atoms with Gasteiger partial charge in [-0.05, 0) is 25.4 Å². The molecule has 12 heavy (non-hydrogen) atoms. The SMILES string of the molecule is CCSC(C)SSC(C)SCC. The summed E-state index contributed by atoms with van der Waals surface area (Å²) >= 11 is 4.05. The Balaban J connectivity index is 3.27. The van der Waals surface area contributed by atoms with E-state index in [2.05, 4.69) is 27.7 Å². The minimum atomic E-state index is 0.736. The molecule has 0 radical (unpaired) electrons. The third-order valence-corrected chi connectivity index (χ3v) is 7.58. The molecule has 0 aromatic carbocycles. The highest BCUT2D eigenvalue weighted by atomic mass is 33.1. The zero-order valence-electron chi connectivity index (χ0n) is 8.20. The molecule has 0 spiro atoms. The fourth-order valence-corrected chi connectivity index (χ4v) is 5.95. The molecule has 2 atom stereocenters. The van der Waals surface area contributed by atoms with Crippen LogP contribution >= 0.6 is 45.1 Å². The van der Waals surface area contributed by atoms with E-state index in [4.69, 9.17) is 0 Å². The molecule has 0 fully saturated rings. The molecule has 0 heterocycles. The highest BCUT2D eigenvalue weighted by Crippen LogP contribution is 2.39. The zero-order valence-corrected chi connectivity index (χ0v) is 11.5. The lowest BCUT2D eigenvalue weighted by molar-refractivity contribution is 1.39. The molecule has 0 amide bonds. The fraction of sp³-hybridized carbons (Fsp3) is 1.00. The smallest absolute Gasteiger partial charge is 0.0578 e. The lowest BCUT2D eigenvalue weighted by atomic mass is 10.9. The summed E-state index contributed by atoms with van der Waals surface area (Å²) in [6, 6.07) is 0. The van der Waals surface area contributed by atoms with E-state index < -0.39 is 0 Å². The van der Waals surface area contributed by atoms with Gasteiger partial charge in [0.1, 0.15) is 0 Å². The maximum atomic E-state index is 2.29. The van der Waals surface area contributed by atoms with Crippen LogP contribution in [0, 0.1) is 0 Å². The van der Waals surface area contributed by atoms with Crippen LogP contribution in [0.25, 0.3) is 0 Å². The molecular weight excluding hydrogens is 224 g/mol. The van der Waals surface area contributed by atoms with Crippen molar-refractivity contribution in [1.82, 2.24) is 0 Å². The van der Waals surface area contributed by atoms with Crippen LogP contribution in [0.5, 0.6) is 0 Å². The molecule has 2 unspecified atom stereocenters. The predicted octanol–water partition coefficient (Wildman–Crippen LogP) is 4.57. The van der Waals surface area contributed by atoms with E-state index in [1.165, 1.54) is 11.5 Å². The highest BCUT2D eigenvalue weighted by molar-refractivity contribution is 8.80. The Morgan fingerprint density at radius 1 is 0.833 bits per heavy atom. The van der Waals surface area contributed by atoms with Gasteiger partial charge < -0.3 is 0 Å². The van der Waals surface area contributed by atoms with E-state index in [9.17, 15) is 0 Å². The van der Waals surface area contributed by atoms with Gasteiger partial charge in [-0.1, -0.05) is 35.4 Å². The summed E-state index contributed by atoms with van der Waals surface area (Å²) in [7, 11) is 4.02. The maximum absolute atomic E-state index is 2.29. The maximum Gasteiger partial charge on any atom is 0.0578 e. The van der Waals surface area contributed by atoms with E-state index in [-0.39, 0.29) is 0 Å². The molecule has 4 heteroatoms. The molecule has 0 bridgehead atoms. The molecule has 0 aliphatic carbocycles. The summed E-state index contributed by atoms with van der Waals surface area (Å²) < 4.78 is 1.47. The van der Waals surface area contributed by atoms with Crippen molar-refractivity contribution >= 4 is 45.1 Å². The second kappa shape index (κ2) is 8.97. The largest absolute Gasteiger partial charge is 0.147 e. The molecule has 0 nitrogen and oxygen atoms in total. The van der Waals surface area contributed by atoms with Crippen LogP contribution in [0.15, 0.2) is 0 Å². The van der Waals surface area contributed by atoms with Crippen molar-refractivity contribution in [2.45, 2.75) is 36.9 Å². The number of hydrogen-bond donors (Lipinski definition) is 0. The van der Waals surface area contributed by atoms with Gasteiger partial charge in [0, 0.05) is 0 Å².